The maximum absolute atomic E-state index is 12.2. The number of carbonyl (C=O) groups excluding carboxylic acids is 2. The molecule has 7 heteroatoms. The summed E-state index contributed by atoms with van der Waals surface area (Å²) in [6.07, 6.45) is 0. The number of nitro groups is 1. The molecule has 0 aliphatic rings. The maximum atomic E-state index is 12.2. The van der Waals surface area contributed by atoms with Gasteiger partial charge in [0.1, 0.15) is 5.69 Å². The summed E-state index contributed by atoms with van der Waals surface area (Å²) in [7, 11) is 0. The van der Waals surface area contributed by atoms with E-state index in [0.29, 0.717) is 5.56 Å². The van der Waals surface area contributed by atoms with Gasteiger partial charge in [-0.05, 0) is 53.9 Å². The molecule has 3 rings (SSSR count). The number of anilines is 1. The van der Waals surface area contributed by atoms with Crippen molar-refractivity contribution in [2.24, 2.45) is 0 Å². The second-order valence-electron chi connectivity index (χ2n) is 6.40. The minimum atomic E-state index is -0.652. The third-order valence-electron chi connectivity index (χ3n) is 4.40. The number of ether oxygens (including phenoxy) is 1. The van der Waals surface area contributed by atoms with E-state index in [4.69, 9.17) is 4.74 Å². The maximum Gasteiger partial charge on any atom is 0.338 e. The number of fused-ring (bicyclic) bond motifs is 1. The Morgan fingerprint density at radius 3 is 2.39 bits per heavy atom. The van der Waals surface area contributed by atoms with E-state index in [9.17, 15) is 19.7 Å². The van der Waals surface area contributed by atoms with Gasteiger partial charge < -0.3 is 10.1 Å². The van der Waals surface area contributed by atoms with Crippen molar-refractivity contribution < 1.29 is 19.2 Å². The normalized spacial score (nSPS) is 10.5. The minimum Gasteiger partial charge on any atom is -0.452 e. The Morgan fingerprint density at radius 2 is 1.68 bits per heavy atom. The third kappa shape index (κ3) is 4.15. The molecule has 0 fully saturated rings. The SMILES string of the molecule is Cc1cc(NC(=O)COC(=O)c2ccc3ccccc3c2)c([N+](=O)[O-])cc1C. The van der Waals surface area contributed by atoms with Gasteiger partial charge in [-0.25, -0.2) is 4.79 Å². The molecule has 1 N–H and O–H groups in total. The van der Waals surface area contributed by atoms with Crippen molar-refractivity contribution in [3.63, 3.8) is 0 Å². The molecular formula is C21H18N2O5. The summed E-state index contributed by atoms with van der Waals surface area (Å²) in [5.74, 6) is -1.30. The van der Waals surface area contributed by atoms with Crippen molar-refractivity contribution in [1.82, 2.24) is 0 Å². The highest BCUT2D eigenvalue weighted by Gasteiger charge is 2.18. The van der Waals surface area contributed by atoms with Crippen LogP contribution in [0.15, 0.2) is 54.6 Å². The summed E-state index contributed by atoms with van der Waals surface area (Å²) in [6, 6.07) is 15.6. The van der Waals surface area contributed by atoms with Crippen molar-refractivity contribution in [3.8, 4) is 0 Å². The van der Waals surface area contributed by atoms with E-state index in [-0.39, 0.29) is 11.4 Å². The first-order chi connectivity index (χ1) is 13.3. The van der Waals surface area contributed by atoms with Crippen LogP contribution in [0.5, 0.6) is 0 Å². The molecule has 1 amide bonds. The van der Waals surface area contributed by atoms with Crippen LogP contribution >= 0.6 is 0 Å². The molecule has 0 saturated carbocycles. The molecule has 0 spiro atoms. The highest BCUT2D eigenvalue weighted by atomic mass is 16.6. The topological polar surface area (TPSA) is 98.5 Å². The molecule has 3 aromatic carbocycles. The number of hydrogen-bond acceptors (Lipinski definition) is 5. The number of nitro benzene ring substituents is 1. The number of carbonyl (C=O) groups is 2. The summed E-state index contributed by atoms with van der Waals surface area (Å²) in [6.45, 7) is 2.99. The number of benzene rings is 3. The average molecular weight is 378 g/mol. The number of aryl methyl sites for hydroxylation is 2. The first-order valence-corrected chi connectivity index (χ1v) is 8.56. The van der Waals surface area contributed by atoms with Gasteiger partial charge >= 0.3 is 5.97 Å². The van der Waals surface area contributed by atoms with Crippen LogP contribution in [0.3, 0.4) is 0 Å². The lowest BCUT2D eigenvalue weighted by Gasteiger charge is -2.09. The van der Waals surface area contributed by atoms with Crippen LogP contribution in [0.2, 0.25) is 0 Å². The molecule has 0 aliphatic carbocycles. The van der Waals surface area contributed by atoms with Gasteiger partial charge in [0.05, 0.1) is 10.5 Å². The van der Waals surface area contributed by atoms with Gasteiger partial charge in [-0.2, -0.15) is 0 Å². The van der Waals surface area contributed by atoms with Gasteiger partial charge in [0.15, 0.2) is 6.61 Å². The Morgan fingerprint density at radius 1 is 1.00 bits per heavy atom. The molecule has 0 bridgehead atoms. The van der Waals surface area contributed by atoms with Crippen molar-refractivity contribution >= 4 is 34.0 Å². The summed E-state index contributed by atoms with van der Waals surface area (Å²) >= 11 is 0. The largest absolute Gasteiger partial charge is 0.452 e. The van der Waals surface area contributed by atoms with E-state index >= 15 is 0 Å². The van der Waals surface area contributed by atoms with E-state index < -0.39 is 23.4 Å². The van der Waals surface area contributed by atoms with Crippen molar-refractivity contribution in [1.29, 1.82) is 0 Å². The Labute approximate surface area is 161 Å². The summed E-state index contributed by atoms with van der Waals surface area (Å²) < 4.78 is 5.04. The lowest BCUT2D eigenvalue weighted by molar-refractivity contribution is -0.384. The molecule has 0 aliphatic heterocycles. The minimum absolute atomic E-state index is 0.0693. The molecule has 0 unspecified atom stereocenters. The van der Waals surface area contributed by atoms with Crippen LogP contribution in [-0.4, -0.2) is 23.4 Å². The van der Waals surface area contributed by atoms with E-state index in [1.165, 1.54) is 12.1 Å². The highest BCUT2D eigenvalue weighted by Crippen LogP contribution is 2.27. The molecule has 3 aromatic rings. The molecule has 0 heterocycles. The third-order valence-corrected chi connectivity index (χ3v) is 4.40. The zero-order valence-corrected chi connectivity index (χ0v) is 15.4. The molecule has 0 radical (unpaired) electrons. The standard InChI is InChI=1S/C21H18N2O5/c1-13-9-18(19(23(26)27)10-14(13)2)22-20(24)12-28-21(25)17-8-7-15-5-3-4-6-16(15)11-17/h3-11H,12H2,1-2H3,(H,22,24). The summed E-state index contributed by atoms with van der Waals surface area (Å²) in [5, 5.41) is 15.5. The molecule has 28 heavy (non-hydrogen) atoms. The smallest absolute Gasteiger partial charge is 0.338 e. The fourth-order valence-electron chi connectivity index (χ4n) is 2.77. The van der Waals surface area contributed by atoms with Crippen molar-refractivity contribution in [3.05, 3.63) is 81.4 Å². The Hall–Kier alpha value is -3.74. The number of nitrogens with one attached hydrogen (secondary N) is 1. The second-order valence-corrected chi connectivity index (χ2v) is 6.40. The first-order valence-electron chi connectivity index (χ1n) is 8.56. The Bertz CT molecular complexity index is 1090. The predicted octanol–water partition coefficient (Wildman–Crippen LogP) is 4.16. The molecular weight excluding hydrogens is 360 g/mol. The van der Waals surface area contributed by atoms with Gasteiger partial charge in [-0.1, -0.05) is 30.3 Å². The first kappa shape index (κ1) is 19.0. The lowest BCUT2D eigenvalue weighted by Crippen LogP contribution is -2.21. The molecule has 0 saturated heterocycles. The fraction of sp³-hybridized carbons (Fsp3) is 0.143. The molecule has 142 valence electrons. The number of rotatable bonds is 5. The summed E-state index contributed by atoms with van der Waals surface area (Å²) in [5.41, 5.74) is 1.72. The zero-order valence-electron chi connectivity index (χ0n) is 15.4. The molecule has 0 aromatic heterocycles. The highest BCUT2D eigenvalue weighted by molar-refractivity contribution is 5.98. The van der Waals surface area contributed by atoms with Gasteiger partial charge in [0, 0.05) is 6.07 Å². The average Bonchev–Trinajstić information content (AvgIpc) is 2.68. The van der Waals surface area contributed by atoms with Crippen LogP contribution in [0, 0.1) is 24.0 Å². The van der Waals surface area contributed by atoms with Gasteiger partial charge in [-0.3, -0.25) is 14.9 Å². The Balaban J connectivity index is 1.67. The second kappa shape index (κ2) is 7.87. The van der Waals surface area contributed by atoms with Gasteiger partial charge in [0.2, 0.25) is 0 Å². The van der Waals surface area contributed by atoms with Gasteiger partial charge in [-0.15, -0.1) is 0 Å². The lowest BCUT2D eigenvalue weighted by atomic mass is 10.1. The van der Waals surface area contributed by atoms with Gasteiger partial charge in [0.25, 0.3) is 11.6 Å². The molecule has 7 nitrogen and oxygen atoms in total. The molecule has 0 atom stereocenters. The number of hydrogen-bond donors (Lipinski definition) is 1. The van der Waals surface area contributed by atoms with Crippen molar-refractivity contribution in [2.75, 3.05) is 11.9 Å². The number of nitrogens with zero attached hydrogens (tertiary/aromatic N) is 1. The van der Waals surface area contributed by atoms with Crippen LogP contribution in [-0.2, 0) is 9.53 Å². The number of esters is 1. The van der Waals surface area contributed by atoms with E-state index in [1.807, 2.05) is 24.3 Å². The predicted molar refractivity (Wildman–Crippen MR) is 105 cm³/mol. The quantitative estimate of drug-likeness (QED) is 0.408. The van der Waals surface area contributed by atoms with E-state index in [0.717, 1.165) is 21.9 Å². The van der Waals surface area contributed by atoms with Crippen LogP contribution in [0.1, 0.15) is 21.5 Å². The van der Waals surface area contributed by atoms with Crippen LogP contribution < -0.4 is 5.32 Å². The van der Waals surface area contributed by atoms with Crippen LogP contribution in [0.25, 0.3) is 10.8 Å². The Kier molecular flexibility index (Phi) is 5.35. The van der Waals surface area contributed by atoms with E-state index in [1.54, 1.807) is 32.0 Å². The van der Waals surface area contributed by atoms with Crippen LogP contribution in [0.4, 0.5) is 11.4 Å². The number of amides is 1. The summed E-state index contributed by atoms with van der Waals surface area (Å²) in [4.78, 5) is 35.0. The monoisotopic (exact) mass is 378 g/mol. The van der Waals surface area contributed by atoms with E-state index in [2.05, 4.69) is 5.32 Å². The zero-order chi connectivity index (χ0) is 20.3. The fourth-order valence-corrected chi connectivity index (χ4v) is 2.77. The van der Waals surface area contributed by atoms with Crippen molar-refractivity contribution in [2.45, 2.75) is 13.8 Å².